The van der Waals surface area contributed by atoms with Crippen LogP contribution in [0, 0.1) is 0 Å². The number of phenolic OH excluding ortho intramolecular Hbond substituents is 1. The van der Waals surface area contributed by atoms with Gasteiger partial charge in [0.25, 0.3) is 0 Å². The third-order valence-electron chi connectivity index (χ3n) is 2.50. The van der Waals surface area contributed by atoms with Crippen molar-refractivity contribution in [2.75, 3.05) is 0 Å². The maximum Gasteiger partial charge on any atom is 0.121 e. The van der Waals surface area contributed by atoms with Crippen LogP contribution in [0.15, 0.2) is 18.5 Å². The highest BCUT2D eigenvalue weighted by Crippen LogP contribution is 2.29. The van der Waals surface area contributed by atoms with Gasteiger partial charge in [0.1, 0.15) is 5.75 Å². The molecule has 1 aromatic carbocycles. The molecule has 1 heterocycles. The molecular formula is C11H14N2O. The van der Waals surface area contributed by atoms with E-state index in [1.165, 1.54) is 0 Å². The van der Waals surface area contributed by atoms with E-state index in [1.54, 1.807) is 12.4 Å². The van der Waals surface area contributed by atoms with Crippen LogP contribution < -0.4 is 0 Å². The fraction of sp³-hybridized carbons (Fsp3) is 0.364. The molecule has 0 radical (unpaired) electrons. The number of nitrogens with zero attached hydrogens (tertiary/aromatic N) is 2. The summed E-state index contributed by atoms with van der Waals surface area (Å²) < 4.78 is 1.96. The van der Waals surface area contributed by atoms with E-state index in [1.807, 2.05) is 17.7 Å². The number of aromatic nitrogens is 2. The van der Waals surface area contributed by atoms with Crippen LogP contribution in [0.25, 0.3) is 11.0 Å². The van der Waals surface area contributed by atoms with Gasteiger partial charge in [-0.25, -0.2) is 4.98 Å². The molecule has 0 atom stereocenters. The Morgan fingerprint density at radius 1 is 1.36 bits per heavy atom. The summed E-state index contributed by atoms with van der Waals surface area (Å²) in [6, 6.07) is 3.73. The van der Waals surface area contributed by atoms with E-state index in [2.05, 4.69) is 18.8 Å². The van der Waals surface area contributed by atoms with Crippen LogP contribution >= 0.6 is 0 Å². The van der Waals surface area contributed by atoms with Gasteiger partial charge in [-0.05, 0) is 17.5 Å². The average molecular weight is 190 g/mol. The molecule has 0 aliphatic heterocycles. The molecule has 0 saturated carbocycles. The predicted octanol–water partition coefficient (Wildman–Crippen LogP) is 2.40. The third-order valence-corrected chi connectivity index (χ3v) is 2.50. The molecule has 0 aliphatic carbocycles. The first kappa shape index (κ1) is 9.06. The first-order chi connectivity index (χ1) is 6.59. The summed E-state index contributed by atoms with van der Waals surface area (Å²) in [6.07, 6.45) is 1.76. The lowest BCUT2D eigenvalue weighted by atomic mass is 10.0. The molecule has 3 nitrogen and oxygen atoms in total. The van der Waals surface area contributed by atoms with Crippen LogP contribution in [-0.2, 0) is 7.05 Å². The summed E-state index contributed by atoms with van der Waals surface area (Å²) in [4.78, 5) is 4.18. The summed E-state index contributed by atoms with van der Waals surface area (Å²) >= 11 is 0. The number of phenols is 1. The average Bonchev–Trinajstić information content (AvgIpc) is 2.46. The minimum Gasteiger partial charge on any atom is -0.508 e. The fourth-order valence-corrected chi connectivity index (χ4v) is 1.64. The quantitative estimate of drug-likeness (QED) is 0.749. The lowest BCUT2D eigenvalue weighted by molar-refractivity contribution is 0.465. The van der Waals surface area contributed by atoms with Gasteiger partial charge in [0.05, 0.1) is 17.4 Å². The Morgan fingerprint density at radius 2 is 2.07 bits per heavy atom. The number of rotatable bonds is 1. The van der Waals surface area contributed by atoms with Gasteiger partial charge in [-0.2, -0.15) is 0 Å². The molecule has 2 aromatic rings. The van der Waals surface area contributed by atoms with Crippen molar-refractivity contribution in [3.05, 3.63) is 24.0 Å². The first-order valence-corrected chi connectivity index (χ1v) is 4.73. The van der Waals surface area contributed by atoms with Gasteiger partial charge in [-0.15, -0.1) is 0 Å². The molecule has 14 heavy (non-hydrogen) atoms. The van der Waals surface area contributed by atoms with Crippen LogP contribution in [0.4, 0.5) is 0 Å². The van der Waals surface area contributed by atoms with Crippen molar-refractivity contribution >= 4 is 11.0 Å². The summed E-state index contributed by atoms with van der Waals surface area (Å²) in [5.41, 5.74) is 2.88. The van der Waals surface area contributed by atoms with Gasteiger partial charge in [0, 0.05) is 13.1 Å². The number of aromatic hydroxyl groups is 1. The lowest BCUT2D eigenvalue weighted by Gasteiger charge is -2.08. The Bertz CT molecular complexity index is 471. The minimum atomic E-state index is 0.328. The second-order valence-electron chi connectivity index (χ2n) is 3.91. The molecule has 0 unspecified atom stereocenters. The van der Waals surface area contributed by atoms with Crippen LogP contribution in [0.3, 0.4) is 0 Å². The number of aryl methyl sites for hydroxylation is 1. The van der Waals surface area contributed by atoms with Crippen molar-refractivity contribution in [3.63, 3.8) is 0 Å². The normalized spacial score (nSPS) is 11.4. The van der Waals surface area contributed by atoms with Gasteiger partial charge in [-0.3, -0.25) is 0 Å². The largest absolute Gasteiger partial charge is 0.508 e. The molecule has 3 heteroatoms. The minimum absolute atomic E-state index is 0.328. The fourth-order valence-electron chi connectivity index (χ4n) is 1.64. The maximum atomic E-state index is 9.74. The zero-order chi connectivity index (χ0) is 10.3. The van der Waals surface area contributed by atoms with Crippen molar-refractivity contribution in [1.82, 2.24) is 9.55 Å². The topological polar surface area (TPSA) is 38.1 Å². The maximum absolute atomic E-state index is 9.74. The van der Waals surface area contributed by atoms with Crippen LogP contribution in [0.1, 0.15) is 25.3 Å². The summed E-state index contributed by atoms with van der Waals surface area (Å²) in [5.74, 6) is 0.667. The summed E-state index contributed by atoms with van der Waals surface area (Å²) in [5, 5.41) is 9.74. The molecule has 0 amide bonds. The predicted molar refractivity (Wildman–Crippen MR) is 56.5 cm³/mol. The summed E-state index contributed by atoms with van der Waals surface area (Å²) in [6.45, 7) is 4.13. The number of hydrogen-bond donors (Lipinski definition) is 1. The molecule has 0 aliphatic rings. The Kier molecular flexibility index (Phi) is 1.95. The van der Waals surface area contributed by atoms with E-state index < -0.39 is 0 Å². The van der Waals surface area contributed by atoms with Crippen molar-refractivity contribution in [2.24, 2.45) is 7.05 Å². The van der Waals surface area contributed by atoms with Crippen molar-refractivity contribution in [2.45, 2.75) is 19.8 Å². The van der Waals surface area contributed by atoms with Gasteiger partial charge < -0.3 is 9.67 Å². The van der Waals surface area contributed by atoms with Gasteiger partial charge in [0.15, 0.2) is 0 Å². The molecule has 0 fully saturated rings. The van der Waals surface area contributed by atoms with Crippen LogP contribution in [-0.4, -0.2) is 14.7 Å². The highest BCUT2D eigenvalue weighted by atomic mass is 16.3. The van der Waals surface area contributed by atoms with E-state index in [4.69, 9.17) is 0 Å². The SMILES string of the molecule is CC(C)c1cc2c(cc1O)ncn2C. The van der Waals surface area contributed by atoms with Gasteiger partial charge in [0.2, 0.25) is 0 Å². The van der Waals surface area contributed by atoms with Crippen LogP contribution in [0.2, 0.25) is 0 Å². The number of fused-ring (bicyclic) bond motifs is 1. The second kappa shape index (κ2) is 3.01. The van der Waals surface area contributed by atoms with Gasteiger partial charge >= 0.3 is 0 Å². The lowest BCUT2D eigenvalue weighted by Crippen LogP contribution is -1.90. The van der Waals surface area contributed by atoms with Crippen molar-refractivity contribution in [1.29, 1.82) is 0 Å². The van der Waals surface area contributed by atoms with E-state index in [0.717, 1.165) is 16.6 Å². The number of benzene rings is 1. The van der Waals surface area contributed by atoms with Gasteiger partial charge in [-0.1, -0.05) is 13.8 Å². The zero-order valence-corrected chi connectivity index (χ0v) is 8.65. The molecule has 2 rings (SSSR count). The monoisotopic (exact) mass is 190 g/mol. The highest BCUT2D eigenvalue weighted by molar-refractivity contribution is 5.78. The third kappa shape index (κ3) is 1.25. The van der Waals surface area contributed by atoms with Crippen LogP contribution in [0.5, 0.6) is 5.75 Å². The first-order valence-electron chi connectivity index (χ1n) is 4.73. The Balaban J connectivity index is 2.74. The molecule has 1 aromatic heterocycles. The molecule has 0 saturated heterocycles. The molecule has 1 N–H and O–H groups in total. The molecule has 0 spiro atoms. The number of imidazole rings is 1. The van der Waals surface area contributed by atoms with Crippen molar-refractivity contribution < 1.29 is 5.11 Å². The Labute approximate surface area is 83.0 Å². The van der Waals surface area contributed by atoms with E-state index in [-0.39, 0.29) is 0 Å². The molecular weight excluding hydrogens is 176 g/mol. The zero-order valence-electron chi connectivity index (χ0n) is 8.65. The molecule has 74 valence electrons. The number of hydrogen-bond acceptors (Lipinski definition) is 2. The molecule has 0 bridgehead atoms. The Hall–Kier alpha value is -1.51. The van der Waals surface area contributed by atoms with E-state index >= 15 is 0 Å². The van der Waals surface area contributed by atoms with E-state index in [9.17, 15) is 5.11 Å². The second-order valence-corrected chi connectivity index (χ2v) is 3.91. The smallest absolute Gasteiger partial charge is 0.121 e. The standard InChI is InChI=1S/C11H14N2O/c1-7(2)8-4-10-9(5-11(8)14)12-6-13(10)3/h4-7,14H,1-3H3. The van der Waals surface area contributed by atoms with Crippen molar-refractivity contribution in [3.8, 4) is 5.75 Å². The Morgan fingerprint density at radius 3 is 2.71 bits per heavy atom. The van der Waals surface area contributed by atoms with E-state index in [0.29, 0.717) is 11.7 Å². The highest BCUT2D eigenvalue weighted by Gasteiger charge is 2.09. The summed E-state index contributed by atoms with van der Waals surface area (Å²) in [7, 11) is 1.95.